The van der Waals surface area contributed by atoms with E-state index in [1.165, 1.54) is 263 Å². The summed E-state index contributed by atoms with van der Waals surface area (Å²) in [7, 11) is -9.92. The number of phosphoric acid groups is 2. The van der Waals surface area contributed by atoms with Crippen molar-refractivity contribution in [2.45, 2.75) is 457 Å². The first kappa shape index (κ1) is 99.1. The molecule has 0 amide bonds. The van der Waals surface area contributed by atoms with Crippen molar-refractivity contribution in [3.63, 3.8) is 0 Å². The molecule has 600 valence electrons. The van der Waals surface area contributed by atoms with Gasteiger partial charge in [-0.2, -0.15) is 0 Å². The SMILES string of the molecule is CCCCCCCCCCCCCCCCCCCCCC(=O)OC[C@H](COP(=O)(O)OC[C@@H](O)COP(=O)(O)OC[C@@H](COC(=O)CCCCCCCCCCCCC)OC(=O)CCCCCCCCCCC(C)CC)OC(=O)CCCCCCCCCCCCCCCCCCCCC. The van der Waals surface area contributed by atoms with Crippen LogP contribution < -0.4 is 0 Å². The van der Waals surface area contributed by atoms with Crippen molar-refractivity contribution >= 4 is 39.5 Å². The number of carbonyl (C=O) groups is 4. The minimum Gasteiger partial charge on any atom is -0.462 e. The third kappa shape index (κ3) is 74.7. The van der Waals surface area contributed by atoms with Gasteiger partial charge in [-0.15, -0.1) is 0 Å². The van der Waals surface area contributed by atoms with Crippen LogP contribution in [0, 0.1) is 5.92 Å². The number of aliphatic hydroxyl groups is 1. The van der Waals surface area contributed by atoms with Crippen molar-refractivity contribution in [1.29, 1.82) is 0 Å². The van der Waals surface area contributed by atoms with Gasteiger partial charge in [0.25, 0.3) is 0 Å². The van der Waals surface area contributed by atoms with E-state index in [4.69, 9.17) is 37.0 Å². The zero-order valence-electron chi connectivity index (χ0n) is 66.1. The summed E-state index contributed by atoms with van der Waals surface area (Å²) in [6.07, 6.45) is 66.6. The number of carbonyl (C=O) groups excluding carboxylic acids is 4. The van der Waals surface area contributed by atoms with Crippen molar-refractivity contribution < 1.29 is 80.2 Å². The average molecular weight is 1480 g/mol. The molecule has 0 aliphatic carbocycles. The third-order valence-electron chi connectivity index (χ3n) is 19.6. The topological polar surface area (TPSA) is 237 Å². The second-order valence-corrected chi connectivity index (χ2v) is 32.7. The smallest absolute Gasteiger partial charge is 0.462 e. The molecule has 19 heteroatoms. The van der Waals surface area contributed by atoms with E-state index >= 15 is 0 Å². The summed E-state index contributed by atoms with van der Waals surface area (Å²) in [5.41, 5.74) is 0. The van der Waals surface area contributed by atoms with Gasteiger partial charge in [0, 0.05) is 25.7 Å². The van der Waals surface area contributed by atoms with E-state index in [1.807, 2.05) is 0 Å². The van der Waals surface area contributed by atoms with Crippen molar-refractivity contribution in [2.75, 3.05) is 39.6 Å². The maximum absolute atomic E-state index is 13.1. The first-order chi connectivity index (χ1) is 49.1. The summed E-state index contributed by atoms with van der Waals surface area (Å²) in [4.78, 5) is 73.0. The highest BCUT2D eigenvalue weighted by atomic mass is 31.2. The van der Waals surface area contributed by atoms with E-state index in [1.54, 1.807) is 0 Å². The molecule has 0 radical (unpaired) electrons. The fourth-order valence-electron chi connectivity index (χ4n) is 12.7. The minimum absolute atomic E-state index is 0.106. The largest absolute Gasteiger partial charge is 0.472 e. The Morgan fingerprint density at radius 3 is 0.703 bits per heavy atom. The van der Waals surface area contributed by atoms with Gasteiger partial charge in [0.2, 0.25) is 0 Å². The summed E-state index contributed by atoms with van der Waals surface area (Å²) in [5, 5.41) is 10.6. The van der Waals surface area contributed by atoms with Crippen LogP contribution in [0.5, 0.6) is 0 Å². The molecule has 0 bridgehead atoms. The minimum atomic E-state index is -4.96. The molecule has 0 aromatic rings. The summed E-state index contributed by atoms with van der Waals surface area (Å²) in [5.74, 6) is -1.34. The van der Waals surface area contributed by atoms with Crippen molar-refractivity contribution in [3.8, 4) is 0 Å². The molecule has 3 N–H and O–H groups in total. The lowest BCUT2D eigenvalue weighted by Gasteiger charge is -2.21. The highest BCUT2D eigenvalue weighted by molar-refractivity contribution is 7.47. The highest BCUT2D eigenvalue weighted by Gasteiger charge is 2.30. The molecule has 0 aromatic heterocycles. The molecule has 0 spiro atoms. The summed E-state index contributed by atoms with van der Waals surface area (Å²) < 4.78 is 68.7. The molecule has 6 atom stereocenters. The van der Waals surface area contributed by atoms with Gasteiger partial charge in [-0.3, -0.25) is 37.3 Å². The Kier molecular flexibility index (Phi) is 73.5. The molecule has 3 unspecified atom stereocenters. The van der Waals surface area contributed by atoms with Crippen LogP contribution >= 0.6 is 15.6 Å². The number of rotatable bonds is 82. The summed E-state index contributed by atoms with van der Waals surface area (Å²) in [6.45, 7) is 7.33. The fraction of sp³-hybridized carbons (Fsp3) is 0.951. The van der Waals surface area contributed by atoms with E-state index in [0.29, 0.717) is 25.7 Å². The van der Waals surface area contributed by atoms with Gasteiger partial charge in [0.1, 0.15) is 19.3 Å². The van der Waals surface area contributed by atoms with Crippen LogP contribution in [-0.4, -0.2) is 96.7 Å². The lowest BCUT2D eigenvalue weighted by molar-refractivity contribution is -0.161. The van der Waals surface area contributed by atoms with Crippen LogP contribution in [0.15, 0.2) is 0 Å². The van der Waals surface area contributed by atoms with E-state index in [2.05, 4.69) is 34.6 Å². The van der Waals surface area contributed by atoms with Crippen LogP contribution in [0.2, 0.25) is 0 Å². The van der Waals surface area contributed by atoms with Crippen molar-refractivity contribution in [3.05, 3.63) is 0 Å². The maximum Gasteiger partial charge on any atom is 0.472 e. The van der Waals surface area contributed by atoms with Crippen LogP contribution in [0.4, 0.5) is 0 Å². The molecule has 0 heterocycles. The van der Waals surface area contributed by atoms with Gasteiger partial charge in [0.05, 0.1) is 26.4 Å². The Labute approximate surface area is 619 Å². The maximum atomic E-state index is 13.1. The Bertz CT molecular complexity index is 1930. The van der Waals surface area contributed by atoms with Crippen LogP contribution in [0.1, 0.15) is 439 Å². The van der Waals surface area contributed by atoms with Crippen molar-refractivity contribution in [1.82, 2.24) is 0 Å². The molecule has 0 rings (SSSR count). The summed E-state index contributed by atoms with van der Waals surface area (Å²) in [6, 6.07) is 0. The second kappa shape index (κ2) is 74.9. The molecule has 0 aliphatic heterocycles. The number of ether oxygens (including phenoxy) is 4. The molecule has 0 aliphatic rings. The second-order valence-electron chi connectivity index (χ2n) is 29.8. The number of hydrogen-bond donors (Lipinski definition) is 3. The predicted molar refractivity (Wildman–Crippen MR) is 414 cm³/mol. The molecule has 0 saturated heterocycles. The monoisotopic (exact) mass is 1480 g/mol. The zero-order chi connectivity index (χ0) is 74.1. The highest BCUT2D eigenvalue weighted by Crippen LogP contribution is 2.45. The average Bonchev–Trinajstić information content (AvgIpc) is 0.988. The first-order valence-corrected chi connectivity index (χ1v) is 45.7. The van der Waals surface area contributed by atoms with Crippen molar-refractivity contribution in [2.24, 2.45) is 5.92 Å². The van der Waals surface area contributed by atoms with Gasteiger partial charge >= 0.3 is 39.5 Å². The molecule has 101 heavy (non-hydrogen) atoms. The third-order valence-corrected chi connectivity index (χ3v) is 21.5. The van der Waals surface area contributed by atoms with E-state index in [0.717, 1.165) is 95.8 Å². The Morgan fingerprint density at radius 1 is 0.277 bits per heavy atom. The van der Waals surface area contributed by atoms with Gasteiger partial charge in [-0.1, -0.05) is 388 Å². The van der Waals surface area contributed by atoms with Gasteiger partial charge in [-0.05, 0) is 31.6 Å². The molecule has 0 fully saturated rings. The first-order valence-electron chi connectivity index (χ1n) is 42.7. The van der Waals surface area contributed by atoms with Gasteiger partial charge in [0.15, 0.2) is 12.2 Å². The van der Waals surface area contributed by atoms with Crippen LogP contribution in [0.3, 0.4) is 0 Å². The standard InChI is InChI=1S/C82H160O17P2/c1-6-10-13-16-19-22-25-27-29-31-33-35-37-39-42-45-51-56-61-66-80(85)93-71-77(98-81(86)67-62-57-52-46-43-40-38-36-34-32-30-28-26-23-20-17-14-11-7-2)73-96-100(88,89)94-69-76(83)70-95-101(90,91)97-74-78(72-92-79(84)65-60-55-50-44-41-24-21-18-15-12-8-3)99-82(87)68-63-58-53-48-47-49-54-59-64-75(5)9-4/h75-78,83H,6-74H2,1-5H3,(H,88,89)(H,90,91)/t75?,76-,77-,78-/m1/s1. The van der Waals surface area contributed by atoms with Crippen LogP contribution in [-0.2, 0) is 65.4 Å². The Morgan fingerprint density at radius 2 is 0.475 bits per heavy atom. The normalized spacial score (nSPS) is 14.1. The van der Waals surface area contributed by atoms with Crippen LogP contribution in [0.25, 0.3) is 0 Å². The molecule has 17 nitrogen and oxygen atoms in total. The predicted octanol–water partition coefficient (Wildman–Crippen LogP) is 24.8. The van der Waals surface area contributed by atoms with E-state index < -0.39 is 97.5 Å². The molecular formula is C82H160O17P2. The molecule has 0 saturated carbocycles. The van der Waals surface area contributed by atoms with E-state index in [-0.39, 0.29) is 25.7 Å². The number of esters is 4. The quantitative estimate of drug-likeness (QED) is 0.0222. The van der Waals surface area contributed by atoms with Gasteiger partial charge in [-0.25, -0.2) is 9.13 Å². The molecular weight excluding hydrogens is 1320 g/mol. The number of aliphatic hydroxyl groups excluding tert-OH is 1. The summed E-state index contributed by atoms with van der Waals surface area (Å²) >= 11 is 0. The van der Waals surface area contributed by atoms with Gasteiger partial charge < -0.3 is 33.8 Å². The number of phosphoric ester groups is 2. The lowest BCUT2D eigenvalue weighted by atomic mass is 9.99. The Hall–Kier alpha value is -1.94. The number of hydrogen-bond acceptors (Lipinski definition) is 15. The Balaban J connectivity index is 5.23. The fourth-order valence-corrected chi connectivity index (χ4v) is 14.3. The molecule has 0 aromatic carbocycles. The van der Waals surface area contributed by atoms with E-state index in [9.17, 15) is 43.2 Å². The zero-order valence-corrected chi connectivity index (χ0v) is 67.8. The lowest BCUT2D eigenvalue weighted by Crippen LogP contribution is -2.30. The number of unbranched alkanes of at least 4 members (excludes halogenated alkanes) is 53.